The smallest absolute Gasteiger partial charge is 0.243 e. The van der Waals surface area contributed by atoms with Crippen molar-refractivity contribution in [1.29, 1.82) is 0 Å². The van der Waals surface area contributed by atoms with Crippen molar-refractivity contribution >= 4 is 29.1 Å². The molecular weight excluding hydrogens is 356 g/mol. The SMILES string of the molecule is COc1ccc(CCC(=O)NCC(=O)Nc2cccc(Cl)c2)cc1OC. The van der Waals surface area contributed by atoms with E-state index in [9.17, 15) is 9.59 Å². The summed E-state index contributed by atoms with van der Waals surface area (Å²) in [4.78, 5) is 23.8. The molecule has 0 fully saturated rings. The van der Waals surface area contributed by atoms with E-state index in [2.05, 4.69) is 10.6 Å². The number of halogens is 1. The molecule has 2 rings (SSSR count). The highest BCUT2D eigenvalue weighted by Gasteiger charge is 2.09. The number of nitrogens with one attached hydrogen (secondary N) is 2. The first-order chi connectivity index (χ1) is 12.5. The minimum absolute atomic E-state index is 0.0999. The van der Waals surface area contributed by atoms with E-state index in [-0.39, 0.29) is 24.8 Å². The van der Waals surface area contributed by atoms with Crippen LogP contribution < -0.4 is 20.1 Å². The first-order valence-corrected chi connectivity index (χ1v) is 8.42. The van der Waals surface area contributed by atoms with Gasteiger partial charge in [0.15, 0.2) is 11.5 Å². The monoisotopic (exact) mass is 376 g/mol. The molecule has 0 aliphatic carbocycles. The Morgan fingerprint density at radius 2 is 1.77 bits per heavy atom. The number of hydrogen-bond acceptors (Lipinski definition) is 4. The van der Waals surface area contributed by atoms with Crippen molar-refractivity contribution in [3.8, 4) is 11.5 Å². The molecule has 0 spiro atoms. The van der Waals surface area contributed by atoms with Gasteiger partial charge in [0.25, 0.3) is 0 Å². The van der Waals surface area contributed by atoms with Crippen LogP contribution in [0.2, 0.25) is 5.02 Å². The predicted molar refractivity (Wildman–Crippen MR) is 101 cm³/mol. The average molecular weight is 377 g/mol. The van der Waals surface area contributed by atoms with Crippen LogP contribution in [-0.4, -0.2) is 32.6 Å². The van der Waals surface area contributed by atoms with Gasteiger partial charge in [0, 0.05) is 17.1 Å². The van der Waals surface area contributed by atoms with E-state index < -0.39 is 0 Å². The third-order valence-electron chi connectivity index (χ3n) is 3.64. The van der Waals surface area contributed by atoms with Gasteiger partial charge in [-0.05, 0) is 42.3 Å². The molecule has 0 radical (unpaired) electrons. The minimum atomic E-state index is -0.313. The predicted octanol–water partition coefficient (Wildman–Crippen LogP) is 3.04. The Balaban J connectivity index is 1.77. The number of benzene rings is 2. The molecule has 0 atom stereocenters. The summed E-state index contributed by atoms with van der Waals surface area (Å²) in [5, 5.41) is 5.80. The standard InChI is InChI=1S/C19H21ClN2O4/c1-25-16-8-6-13(10-17(16)26-2)7-9-18(23)21-12-19(24)22-15-5-3-4-14(20)11-15/h3-6,8,10-11H,7,9,12H2,1-2H3,(H,21,23)(H,22,24). The molecule has 2 aromatic carbocycles. The number of amides is 2. The van der Waals surface area contributed by atoms with Crippen LogP contribution >= 0.6 is 11.6 Å². The van der Waals surface area contributed by atoms with Crippen LogP contribution in [0.25, 0.3) is 0 Å². The molecule has 0 aliphatic rings. The molecule has 0 aromatic heterocycles. The van der Waals surface area contributed by atoms with Gasteiger partial charge < -0.3 is 20.1 Å². The van der Waals surface area contributed by atoms with Crippen LogP contribution in [0.5, 0.6) is 11.5 Å². The summed E-state index contributed by atoms with van der Waals surface area (Å²) in [5.41, 5.74) is 1.53. The zero-order valence-corrected chi connectivity index (χ0v) is 15.4. The Kier molecular flexibility index (Phi) is 7.29. The van der Waals surface area contributed by atoms with Gasteiger partial charge >= 0.3 is 0 Å². The number of aryl methyl sites for hydroxylation is 1. The van der Waals surface area contributed by atoms with Gasteiger partial charge in [0.1, 0.15) is 0 Å². The molecule has 0 saturated heterocycles. The summed E-state index contributed by atoms with van der Waals surface area (Å²) < 4.78 is 10.4. The summed E-state index contributed by atoms with van der Waals surface area (Å²) in [7, 11) is 3.13. The van der Waals surface area contributed by atoms with Crippen molar-refractivity contribution in [2.24, 2.45) is 0 Å². The lowest BCUT2D eigenvalue weighted by Crippen LogP contribution is -2.32. The van der Waals surface area contributed by atoms with Crippen LogP contribution in [0.3, 0.4) is 0 Å². The second-order valence-electron chi connectivity index (χ2n) is 5.52. The molecule has 0 heterocycles. The maximum absolute atomic E-state index is 11.9. The van der Waals surface area contributed by atoms with Crippen LogP contribution in [0.1, 0.15) is 12.0 Å². The molecule has 2 aromatic rings. The van der Waals surface area contributed by atoms with E-state index in [1.165, 1.54) is 0 Å². The van der Waals surface area contributed by atoms with Crippen molar-refractivity contribution in [3.05, 3.63) is 53.1 Å². The van der Waals surface area contributed by atoms with Crippen molar-refractivity contribution < 1.29 is 19.1 Å². The molecule has 7 heteroatoms. The zero-order chi connectivity index (χ0) is 18.9. The van der Waals surface area contributed by atoms with Gasteiger partial charge in [-0.2, -0.15) is 0 Å². The normalized spacial score (nSPS) is 10.1. The second kappa shape index (κ2) is 9.68. The van der Waals surface area contributed by atoms with E-state index in [1.54, 1.807) is 44.6 Å². The molecule has 0 unspecified atom stereocenters. The number of ether oxygens (including phenoxy) is 2. The molecule has 26 heavy (non-hydrogen) atoms. The van der Waals surface area contributed by atoms with Crippen LogP contribution in [0.15, 0.2) is 42.5 Å². The van der Waals surface area contributed by atoms with Crippen LogP contribution in [0, 0.1) is 0 Å². The summed E-state index contributed by atoms with van der Waals surface area (Å²) in [6.45, 7) is -0.0999. The molecule has 0 aliphatic heterocycles. The van der Waals surface area contributed by atoms with Gasteiger partial charge in [-0.3, -0.25) is 9.59 Å². The summed E-state index contributed by atoms with van der Waals surface area (Å²) in [5.74, 6) is 0.734. The van der Waals surface area contributed by atoms with Gasteiger partial charge in [0.2, 0.25) is 11.8 Å². The lowest BCUT2D eigenvalue weighted by atomic mass is 10.1. The summed E-state index contributed by atoms with van der Waals surface area (Å²) in [6.07, 6.45) is 0.794. The fraction of sp³-hybridized carbons (Fsp3) is 0.263. The van der Waals surface area contributed by atoms with Crippen LogP contribution in [0.4, 0.5) is 5.69 Å². The van der Waals surface area contributed by atoms with Gasteiger partial charge in [-0.1, -0.05) is 23.7 Å². The second-order valence-corrected chi connectivity index (χ2v) is 5.96. The topological polar surface area (TPSA) is 76.7 Å². The lowest BCUT2D eigenvalue weighted by molar-refractivity contribution is -0.124. The van der Waals surface area contributed by atoms with Crippen molar-refractivity contribution in [3.63, 3.8) is 0 Å². The largest absolute Gasteiger partial charge is 0.493 e. The van der Waals surface area contributed by atoms with Crippen LogP contribution in [-0.2, 0) is 16.0 Å². The first-order valence-electron chi connectivity index (χ1n) is 8.05. The highest BCUT2D eigenvalue weighted by atomic mass is 35.5. The number of hydrogen-bond donors (Lipinski definition) is 2. The number of carbonyl (C=O) groups is 2. The molecule has 2 amide bonds. The van der Waals surface area contributed by atoms with Crippen molar-refractivity contribution in [2.45, 2.75) is 12.8 Å². The fourth-order valence-electron chi connectivity index (χ4n) is 2.33. The molecule has 2 N–H and O–H groups in total. The number of methoxy groups -OCH3 is 2. The number of carbonyl (C=O) groups excluding carboxylic acids is 2. The molecular formula is C19H21ClN2O4. The maximum atomic E-state index is 11.9. The first kappa shape index (κ1) is 19.6. The Hall–Kier alpha value is -2.73. The Bertz CT molecular complexity index is 780. The van der Waals surface area contributed by atoms with E-state index in [0.29, 0.717) is 28.6 Å². The zero-order valence-electron chi connectivity index (χ0n) is 14.7. The van der Waals surface area contributed by atoms with Gasteiger partial charge in [0.05, 0.1) is 20.8 Å². The minimum Gasteiger partial charge on any atom is -0.493 e. The molecule has 6 nitrogen and oxygen atoms in total. The van der Waals surface area contributed by atoms with Gasteiger partial charge in [-0.15, -0.1) is 0 Å². The van der Waals surface area contributed by atoms with E-state index >= 15 is 0 Å². The summed E-state index contributed by atoms with van der Waals surface area (Å²) >= 11 is 5.86. The third kappa shape index (κ3) is 5.97. The maximum Gasteiger partial charge on any atom is 0.243 e. The Labute approximate surface area is 157 Å². The van der Waals surface area contributed by atoms with Crippen molar-refractivity contribution in [1.82, 2.24) is 5.32 Å². The lowest BCUT2D eigenvalue weighted by Gasteiger charge is -2.10. The van der Waals surface area contributed by atoms with Gasteiger partial charge in [-0.25, -0.2) is 0 Å². The van der Waals surface area contributed by atoms with E-state index in [0.717, 1.165) is 5.56 Å². The Morgan fingerprint density at radius 1 is 1.00 bits per heavy atom. The fourth-order valence-corrected chi connectivity index (χ4v) is 2.52. The van der Waals surface area contributed by atoms with Crippen molar-refractivity contribution in [2.75, 3.05) is 26.1 Å². The molecule has 138 valence electrons. The molecule has 0 saturated carbocycles. The Morgan fingerprint density at radius 3 is 2.46 bits per heavy atom. The number of anilines is 1. The van der Waals surface area contributed by atoms with E-state index in [1.807, 2.05) is 12.1 Å². The quantitative estimate of drug-likeness (QED) is 0.742. The highest BCUT2D eigenvalue weighted by molar-refractivity contribution is 6.30. The van der Waals surface area contributed by atoms with E-state index in [4.69, 9.17) is 21.1 Å². The summed E-state index contributed by atoms with van der Waals surface area (Å²) in [6, 6.07) is 12.3. The number of rotatable bonds is 8. The highest BCUT2D eigenvalue weighted by Crippen LogP contribution is 2.27. The average Bonchev–Trinajstić information content (AvgIpc) is 2.64. The third-order valence-corrected chi connectivity index (χ3v) is 3.88. The molecule has 0 bridgehead atoms.